The molecule has 5 heteroatoms. The summed E-state index contributed by atoms with van der Waals surface area (Å²) in [6.45, 7) is 5.84. The van der Waals surface area contributed by atoms with E-state index < -0.39 is 5.97 Å². The summed E-state index contributed by atoms with van der Waals surface area (Å²) < 4.78 is 5.71. The van der Waals surface area contributed by atoms with Crippen LogP contribution in [-0.2, 0) is 9.53 Å². The molecule has 0 bridgehead atoms. The average molecular weight is 291 g/mol. The molecule has 1 N–H and O–H groups in total. The molecule has 1 amide bonds. The third-order valence-electron chi connectivity index (χ3n) is 4.35. The first-order valence-corrected chi connectivity index (χ1v) is 7.10. The minimum Gasteiger partial charge on any atom is -0.478 e. The monoisotopic (exact) mass is 291 g/mol. The van der Waals surface area contributed by atoms with Crippen LogP contribution in [0.4, 0.5) is 5.69 Å². The van der Waals surface area contributed by atoms with E-state index >= 15 is 0 Å². The molecule has 5 nitrogen and oxygen atoms in total. The molecule has 1 saturated heterocycles. The highest BCUT2D eigenvalue weighted by atomic mass is 16.5. The predicted molar refractivity (Wildman–Crippen MR) is 79.5 cm³/mol. The second-order valence-electron chi connectivity index (χ2n) is 5.65. The van der Waals surface area contributed by atoms with E-state index in [1.807, 2.05) is 20.8 Å². The number of carbonyl (C=O) groups excluding carboxylic acids is 1. The normalized spacial score (nSPS) is 28.4. The molecule has 21 heavy (non-hydrogen) atoms. The molecule has 0 saturated carbocycles. The van der Waals surface area contributed by atoms with E-state index in [0.29, 0.717) is 5.69 Å². The highest BCUT2D eigenvalue weighted by Crippen LogP contribution is 2.34. The van der Waals surface area contributed by atoms with Gasteiger partial charge in [0.15, 0.2) is 0 Å². The van der Waals surface area contributed by atoms with E-state index in [1.165, 1.54) is 11.0 Å². The van der Waals surface area contributed by atoms with Gasteiger partial charge in [-0.05, 0) is 31.9 Å². The molecular formula is C16H21NO4. The SMILES string of the molecule is CC1OC(C)C(C(=O)N(C)c2ccccc2C(=O)O)C1C. The number of ether oxygens (including phenoxy) is 1. The highest BCUT2D eigenvalue weighted by molar-refractivity contribution is 6.02. The number of para-hydroxylation sites is 1. The Morgan fingerprint density at radius 3 is 2.29 bits per heavy atom. The van der Waals surface area contributed by atoms with Crippen molar-refractivity contribution in [2.24, 2.45) is 11.8 Å². The molecule has 1 fully saturated rings. The van der Waals surface area contributed by atoms with E-state index in [9.17, 15) is 14.7 Å². The van der Waals surface area contributed by atoms with Gasteiger partial charge in [0.05, 0.1) is 29.4 Å². The summed E-state index contributed by atoms with van der Waals surface area (Å²) in [7, 11) is 1.62. The molecule has 0 spiro atoms. The van der Waals surface area contributed by atoms with Gasteiger partial charge in [-0.15, -0.1) is 0 Å². The first-order valence-electron chi connectivity index (χ1n) is 7.10. The van der Waals surface area contributed by atoms with Gasteiger partial charge in [0.2, 0.25) is 5.91 Å². The van der Waals surface area contributed by atoms with Crippen LogP contribution in [-0.4, -0.2) is 36.2 Å². The lowest BCUT2D eigenvalue weighted by Gasteiger charge is -2.26. The number of aromatic carboxylic acids is 1. The maximum Gasteiger partial charge on any atom is 0.337 e. The van der Waals surface area contributed by atoms with Crippen molar-refractivity contribution in [1.82, 2.24) is 0 Å². The number of benzene rings is 1. The van der Waals surface area contributed by atoms with E-state index in [4.69, 9.17) is 4.74 Å². The third kappa shape index (κ3) is 2.78. The van der Waals surface area contributed by atoms with E-state index in [1.54, 1.807) is 25.2 Å². The van der Waals surface area contributed by atoms with Gasteiger partial charge >= 0.3 is 5.97 Å². The van der Waals surface area contributed by atoms with Gasteiger partial charge in [-0.2, -0.15) is 0 Å². The van der Waals surface area contributed by atoms with Crippen molar-refractivity contribution in [3.63, 3.8) is 0 Å². The van der Waals surface area contributed by atoms with Crippen molar-refractivity contribution < 1.29 is 19.4 Å². The molecule has 114 valence electrons. The predicted octanol–water partition coefficient (Wildman–Crippen LogP) is 2.41. The number of hydrogen-bond donors (Lipinski definition) is 1. The van der Waals surface area contributed by atoms with Crippen LogP contribution in [0.1, 0.15) is 31.1 Å². The molecular weight excluding hydrogens is 270 g/mol. The Kier molecular flexibility index (Phi) is 4.32. The quantitative estimate of drug-likeness (QED) is 0.928. The molecule has 4 atom stereocenters. The van der Waals surface area contributed by atoms with Crippen LogP contribution in [0.2, 0.25) is 0 Å². The summed E-state index contributed by atoms with van der Waals surface area (Å²) >= 11 is 0. The summed E-state index contributed by atoms with van der Waals surface area (Å²) in [6.07, 6.45) is -0.140. The number of carboxylic acid groups (broad SMARTS) is 1. The Hall–Kier alpha value is -1.88. The molecule has 0 aromatic heterocycles. The zero-order valence-electron chi connectivity index (χ0n) is 12.7. The van der Waals surface area contributed by atoms with Gasteiger partial charge in [0, 0.05) is 7.05 Å². The van der Waals surface area contributed by atoms with Crippen molar-refractivity contribution >= 4 is 17.6 Å². The number of anilines is 1. The van der Waals surface area contributed by atoms with Crippen molar-refractivity contribution in [1.29, 1.82) is 0 Å². The maximum atomic E-state index is 12.7. The van der Waals surface area contributed by atoms with Crippen LogP contribution in [0.15, 0.2) is 24.3 Å². The van der Waals surface area contributed by atoms with Gasteiger partial charge in [0.1, 0.15) is 0 Å². The molecule has 0 aliphatic carbocycles. The fourth-order valence-corrected chi connectivity index (χ4v) is 2.98. The number of nitrogens with zero attached hydrogens (tertiary/aromatic N) is 1. The lowest BCUT2D eigenvalue weighted by atomic mass is 9.88. The van der Waals surface area contributed by atoms with Gasteiger partial charge in [-0.25, -0.2) is 4.79 Å². The van der Waals surface area contributed by atoms with Crippen LogP contribution in [0.3, 0.4) is 0 Å². The van der Waals surface area contributed by atoms with E-state index in [2.05, 4.69) is 0 Å². The van der Waals surface area contributed by atoms with Crippen LogP contribution < -0.4 is 4.90 Å². The molecule has 0 radical (unpaired) electrons. The number of carboxylic acids is 1. The maximum absolute atomic E-state index is 12.7. The molecule has 1 aliphatic heterocycles. The summed E-state index contributed by atoms with van der Waals surface area (Å²) in [6, 6.07) is 6.53. The first kappa shape index (κ1) is 15.5. The largest absolute Gasteiger partial charge is 0.478 e. The van der Waals surface area contributed by atoms with E-state index in [0.717, 1.165) is 0 Å². The molecule has 1 heterocycles. The van der Waals surface area contributed by atoms with Crippen LogP contribution in [0.5, 0.6) is 0 Å². The molecule has 1 aromatic rings. The van der Waals surface area contributed by atoms with Crippen molar-refractivity contribution in [3.05, 3.63) is 29.8 Å². The Balaban J connectivity index is 2.30. The Bertz CT molecular complexity index is 557. The standard InChI is InChI=1S/C16H21NO4/c1-9-10(2)21-11(3)14(9)15(18)17(4)13-8-6-5-7-12(13)16(19)20/h5-11,14H,1-4H3,(H,19,20). The average Bonchev–Trinajstić information content (AvgIpc) is 2.70. The summed E-state index contributed by atoms with van der Waals surface area (Å²) in [5, 5.41) is 9.25. The zero-order chi connectivity index (χ0) is 15.7. The van der Waals surface area contributed by atoms with Gasteiger partial charge in [0.25, 0.3) is 0 Å². The van der Waals surface area contributed by atoms with Crippen molar-refractivity contribution in [2.45, 2.75) is 33.0 Å². The Morgan fingerprint density at radius 2 is 1.76 bits per heavy atom. The number of carbonyl (C=O) groups is 2. The first-order chi connectivity index (χ1) is 9.84. The topological polar surface area (TPSA) is 66.8 Å². The summed E-state index contributed by atoms with van der Waals surface area (Å²) in [5.74, 6) is -1.30. The number of rotatable bonds is 3. The van der Waals surface area contributed by atoms with Crippen LogP contribution in [0, 0.1) is 11.8 Å². The van der Waals surface area contributed by atoms with Gasteiger partial charge in [-0.1, -0.05) is 19.1 Å². The lowest BCUT2D eigenvalue weighted by molar-refractivity contribution is -0.124. The molecule has 2 rings (SSSR count). The second-order valence-corrected chi connectivity index (χ2v) is 5.65. The Labute approximate surface area is 124 Å². The van der Waals surface area contributed by atoms with Crippen LogP contribution >= 0.6 is 0 Å². The Morgan fingerprint density at radius 1 is 1.14 bits per heavy atom. The minimum atomic E-state index is -1.04. The molecule has 4 unspecified atom stereocenters. The smallest absolute Gasteiger partial charge is 0.337 e. The minimum absolute atomic E-state index is 0.0251. The highest BCUT2D eigenvalue weighted by Gasteiger charge is 2.43. The van der Waals surface area contributed by atoms with Gasteiger partial charge < -0.3 is 14.7 Å². The van der Waals surface area contributed by atoms with Crippen molar-refractivity contribution in [2.75, 3.05) is 11.9 Å². The summed E-state index contributed by atoms with van der Waals surface area (Å²) in [5.41, 5.74) is 0.537. The molecule has 1 aromatic carbocycles. The van der Waals surface area contributed by atoms with Crippen molar-refractivity contribution in [3.8, 4) is 0 Å². The zero-order valence-corrected chi connectivity index (χ0v) is 12.7. The lowest BCUT2D eigenvalue weighted by Crippen LogP contribution is -2.39. The number of amides is 1. The molecule has 1 aliphatic rings. The van der Waals surface area contributed by atoms with Crippen LogP contribution in [0.25, 0.3) is 0 Å². The summed E-state index contributed by atoms with van der Waals surface area (Å²) in [4.78, 5) is 25.5. The fraction of sp³-hybridized carbons (Fsp3) is 0.500. The second kappa shape index (κ2) is 5.85. The third-order valence-corrected chi connectivity index (χ3v) is 4.35. The fourth-order valence-electron chi connectivity index (χ4n) is 2.98. The number of hydrogen-bond acceptors (Lipinski definition) is 3. The van der Waals surface area contributed by atoms with E-state index in [-0.39, 0.29) is 35.5 Å². The van der Waals surface area contributed by atoms with Gasteiger partial charge in [-0.3, -0.25) is 4.79 Å².